The summed E-state index contributed by atoms with van der Waals surface area (Å²) < 4.78 is 28.4. The van der Waals surface area contributed by atoms with Gasteiger partial charge in [0, 0.05) is 29.8 Å². The number of aromatic nitrogens is 1. The fourth-order valence-corrected chi connectivity index (χ4v) is 4.32. The Labute approximate surface area is 155 Å². The number of carbonyl (C=O) groups is 1. The van der Waals surface area contributed by atoms with Crippen molar-refractivity contribution in [3.63, 3.8) is 0 Å². The number of pyridine rings is 1. The predicted octanol–water partition coefficient (Wildman–Crippen LogP) is 2.43. The largest absolute Gasteiger partial charge is 0.337 e. The number of nitrogens with zero attached hydrogens (tertiary/aromatic N) is 2. The minimum Gasteiger partial charge on any atom is -0.337 e. The van der Waals surface area contributed by atoms with Gasteiger partial charge in [-0.05, 0) is 49.2 Å². The van der Waals surface area contributed by atoms with Gasteiger partial charge in [-0.15, -0.1) is 0 Å². The van der Waals surface area contributed by atoms with E-state index in [4.69, 9.17) is 0 Å². The van der Waals surface area contributed by atoms with Crippen molar-refractivity contribution in [2.45, 2.75) is 23.8 Å². The minimum absolute atomic E-state index is 0.116. The van der Waals surface area contributed by atoms with Crippen molar-refractivity contribution in [2.75, 3.05) is 13.1 Å². The molecule has 3 rings (SSSR count). The number of benzene rings is 1. The zero-order chi connectivity index (χ0) is 17.9. The first-order chi connectivity index (χ1) is 12.0. The van der Waals surface area contributed by atoms with Crippen molar-refractivity contribution in [1.82, 2.24) is 14.6 Å². The van der Waals surface area contributed by atoms with E-state index in [0.29, 0.717) is 31.6 Å². The molecule has 132 valence electrons. The SMILES string of the molecule is O=C(c1ccccn1)N1CCC(NS(=O)(=O)c2ccc(Br)cc2)CC1. The standard InChI is InChI=1S/C17H18BrN3O3S/c18-13-4-6-15(7-5-13)25(23,24)20-14-8-11-21(12-9-14)17(22)16-3-1-2-10-19-16/h1-7,10,14,20H,8-9,11-12H2. The lowest BCUT2D eigenvalue weighted by atomic mass is 10.1. The summed E-state index contributed by atoms with van der Waals surface area (Å²) >= 11 is 3.29. The van der Waals surface area contributed by atoms with Crippen LogP contribution in [0.2, 0.25) is 0 Å². The number of nitrogens with one attached hydrogen (secondary N) is 1. The predicted molar refractivity (Wildman–Crippen MR) is 97.6 cm³/mol. The van der Waals surface area contributed by atoms with Gasteiger partial charge in [-0.2, -0.15) is 0 Å². The molecule has 0 radical (unpaired) electrons. The topological polar surface area (TPSA) is 79.4 Å². The zero-order valence-electron chi connectivity index (χ0n) is 13.4. The number of halogens is 1. The summed E-state index contributed by atoms with van der Waals surface area (Å²) in [6, 6.07) is 11.6. The summed E-state index contributed by atoms with van der Waals surface area (Å²) in [5, 5.41) is 0. The summed E-state index contributed by atoms with van der Waals surface area (Å²) in [5.74, 6) is -0.116. The van der Waals surface area contributed by atoms with Gasteiger partial charge in [0.1, 0.15) is 5.69 Å². The van der Waals surface area contributed by atoms with Gasteiger partial charge >= 0.3 is 0 Å². The molecular formula is C17H18BrN3O3S. The molecule has 0 aliphatic carbocycles. The maximum Gasteiger partial charge on any atom is 0.272 e. The average molecular weight is 424 g/mol. The summed E-state index contributed by atoms with van der Waals surface area (Å²) in [7, 11) is -3.55. The lowest BCUT2D eigenvalue weighted by Gasteiger charge is -2.32. The Bertz CT molecular complexity index is 833. The second-order valence-corrected chi connectivity index (χ2v) is 8.49. The monoisotopic (exact) mass is 423 g/mol. The van der Waals surface area contributed by atoms with E-state index >= 15 is 0 Å². The zero-order valence-corrected chi connectivity index (χ0v) is 15.8. The highest BCUT2D eigenvalue weighted by Gasteiger charge is 2.27. The van der Waals surface area contributed by atoms with Crippen LogP contribution in [0, 0.1) is 0 Å². The van der Waals surface area contributed by atoms with Crippen molar-refractivity contribution in [3.05, 3.63) is 58.8 Å². The van der Waals surface area contributed by atoms with E-state index in [-0.39, 0.29) is 16.8 Å². The van der Waals surface area contributed by atoms with E-state index in [0.717, 1.165) is 4.47 Å². The molecule has 1 aromatic carbocycles. The van der Waals surface area contributed by atoms with Crippen LogP contribution in [0.3, 0.4) is 0 Å². The minimum atomic E-state index is -3.55. The molecule has 1 aliphatic heterocycles. The summed E-state index contributed by atoms with van der Waals surface area (Å²) in [5.41, 5.74) is 0.413. The van der Waals surface area contributed by atoms with Crippen LogP contribution in [0.5, 0.6) is 0 Å². The lowest BCUT2D eigenvalue weighted by molar-refractivity contribution is 0.0705. The lowest BCUT2D eigenvalue weighted by Crippen LogP contribution is -2.46. The van der Waals surface area contributed by atoms with E-state index in [1.807, 2.05) is 0 Å². The van der Waals surface area contributed by atoms with Gasteiger partial charge in [-0.1, -0.05) is 22.0 Å². The fourth-order valence-electron chi connectivity index (χ4n) is 2.75. The van der Waals surface area contributed by atoms with Crippen LogP contribution in [-0.4, -0.2) is 43.3 Å². The van der Waals surface area contributed by atoms with Crippen LogP contribution in [0.1, 0.15) is 23.3 Å². The Morgan fingerprint density at radius 1 is 1.12 bits per heavy atom. The van der Waals surface area contributed by atoms with Crippen LogP contribution >= 0.6 is 15.9 Å². The number of rotatable bonds is 4. The molecule has 0 atom stereocenters. The van der Waals surface area contributed by atoms with Gasteiger partial charge in [-0.25, -0.2) is 13.1 Å². The fraction of sp³-hybridized carbons (Fsp3) is 0.294. The molecule has 1 amide bonds. The normalized spacial score (nSPS) is 16.0. The van der Waals surface area contributed by atoms with Crippen molar-refractivity contribution in [1.29, 1.82) is 0 Å². The van der Waals surface area contributed by atoms with Crippen molar-refractivity contribution >= 4 is 31.9 Å². The third-order valence-electron chi connectivity index (χ3n) is 4.11. The maximum absolute atomic E-state index is 12.4. The third-order valence-corrected chi connectivity index (χ3v) is 6.18. The maximum atomic E-state index is 12.4. The van der Waals surface area contributed by atoms with Crippen LogP contribution in [0.4, 0.5) is 0 Å². The molecule has 8 heteroatoms. The van der Waals surface area contributed by atoms with Crippen LogP contribution < -0.4 is 4.72 Å². The van der Waals surface area contributed by atoms with E-state index in [2.05, 4.69) is 25.6 Å². The molecule has 0 bridgehead atoms. The molecular weight excluding hydrogens is 406 g/mol. The average Bonchev–Trinajstić information content (AvgIpc) is 2.62. The molecule has 0 spiro atoms. The van der Waals surface area contributed by atoms with Gasteiger partial charge in [0.15, 0.2) is 0 Å². The number of hydrogen-bond acceptors (Lipinski definition) is 4. The molecule has 0 saturated carbocycles. The first-order valence-corrected chi connectivity index (χ1v) is 10.2. The molecule has 1 fully saturated rings. The summed E-state index contributed by atoms with van der Waals surface area (Å²) in [6.45, 7) is 1.01. The molecule has 1 aliphatic rings. The second-order valence-electron chi connectivity index (χ2n) is 5.86. The number of hydrogen-bond donors (Lipinski definition) is 1. The van der Waals surface area contributed by atoms with Gasteiger partial charge < -0.3 is 4.90 Å². The molecule has 2 heterocycles. The quantitative estimate of drug-likeness (QED) is 0.818. The molecule has 1 N–H and O–H groups in total. The molecule has 25 heavy (non-hydrogen) atoms. The van der Waals surface area contributed by atoms with Gasteiger partial charge in [0.25, 0.3) is 5.91 Å². The first kappa shape index (κ1) is 18.0. The van der Waals surface area contributed by atoms with Crippen LogP contribution in [-0.2, 0) is 10.0 Å². The first-order valence-electron chi connectivity index (χ1n) is 7.94. The number of carbonyl (C=O) groups excluding carboxylic acids is 1. The third kappa shape index (κ3) is 4.45. The number of piperidine rings is 1. The van der Waals surface area contributed by atoms with Crippen molar-refractivity contribution < 1.29 is 13.2 Å². The van der Waals surface area contributed by atoms with Crippen molar-refractivity contribution in [3.8, 4) is 0 Å². The second kappa shape index (κ2) is 7.63. The smallest absolute Gasteiger partial charge is 0.272 e. The molecule has 6 nitrogen and oxygen atoms in total. The highest BCUT2D eigenvalue weighted by molar-refractivity contribution is 9.10. The number of sulfonamides is 1. The number of likely N-dealkylation sites (tertiary alicyclic amines) is 1. The highest BCUT2D eigenvalue weighted by Crippen LogP contribution is 2.18. The van der Waals surface area contributed by atoms with Gasteiger partial charge in [0.2, 0.25) is 10.0 Å². The molecule has 1 saturated heterocycles. The Morgan fingerprint density at radius 3 is 2.40 bits per heavy atom. The molecule has 2 aromatic rings. The highest BCUT2D eigenvalue weighted by atomic mass is 79.9. The Morgan fingerprint density at radius 2 is 1.80 bits per heavy atom. The van der Waals surface area contributed by atoms with E-state index in [1.54, 1.807) is 53.6 Å². The van der Waals surface area contributed by atoms with Gasteiger partial charge in [-0.3, -0.25) is 9.78 Å². The molecule has 1 aromatic heterocycles. The van der Waals surface area contributed by atoms with Crippen LogP contribution in [0.25, 0.3) is 0 Å². The Hall–Kier alpha value is -1.77. The summed E-state index contributed by atoms with van der Waals surface area (Å²) in [4.78, 5) is 18.4. The van der Waals surface area contributed by atoms with Crippen molar-refractivity contribution in [2.24, 2.45) is 0 Å². The van der Waals surface area contributed by atoms with E-state index in [1.165, 1.54) is 0 Å². The van der Waals surface area contributed by atoms with Crippen LogP contribution in [0.15, 0.2) is 58.0 Å². The van der Waals surface area contributed by atoms with E-state index < -0.39 is 10.0 Å². The Balaban J connectivity index is 1.59. The Kier molecular flexibility index (Phi) is 5.51. The number of amides is 1. The summed E-state index contributed by atoms with van der Waals surface area (Å²) in [6.07, 6.45) is 2.75. The van der Waals surface area contributed by atoms with Gasteiger partial charge in [0.05, 0.1) is 4.90 Å². The van der Waals surface area contributed by atoms with E-state index in [9.17, 15) is 13.2 Å². The molecule has 0 unspecified atom stereocenters.